The number of likely N-dealkylation sites (N-methyl/N-ethyl adjacent to an activating group) is 1. The first-order valence-electron chi connectivity index (χ1n) is 6.06. The summed E-state index contributed by atoms with van der Waals surface area (Å²) in [5.74, 6) is 0.215. The Kier molecular flexibility index (Phi) is 2.32. The normalized spacial score (nSPS) is 23.6. The first-order valence-corrected chi connectivity index (χ1v) is 6.94. The van der Waals surface area contributed by atoms with E-state index in [9.17, 15) is 4.79 Å². The van der Waals surface area contributed by atoms with Gasteiger partial charge in [0.1, 0.15) is 0 Å². The van der Waals surface area contributed by atoms with Gasteiger partial charge in [0, 0.05) is 23.9 Å². The molecule has 86 valence electrons. The number of thiophene rings is 1. The molecular formula is C13H17NOS. The van der Waals surface area contributed by atoms with E-state index >= 15 is 0 Å². The predicted molar refractivity (Wildman–Crippen MR) is 66.0 cm³/mol. The van der Waals surface area contributed by atoms with E-state index in [2.05, 4.69) is 5.38 Å². The Balaban J connectivity index is 2.08. The summed E-state index contributed by atoms with van der Waals surface area (Å²) < 4.78 is 0. The van der Waals surface area contributed by atoms with Crippen LogP contribution in [-0.2, 0) is 5.41 Å². The van der Waals surface area contributed by atoms with Crippen molar-refractivity contribution in [2.75, 3.05) is 13.6 Å². The molecule has 0 saturated heterocycles. The summed E-state index contributed by atoms with van der Waals surface area (Å²) in [6.07, 6.45) is 6.52. The maximum Gasteiger partial charge on any atom is 0.254 e. The monoisotopic (exact) mass is 235 g/mol. The minimum absolute atomic E-state index is 0.215. The van der Waals surface area contributed by atoms with E-state index in [4.69, 9.17) is 0 Å². The van der Waals surface area contributed by atoms with Gasteiger partial charge in [-0.1, -0.05) is 19.3 Å². The smallest absolute Gasteiger partial charge is 0.254 e. The first-order chi connectivity index (χ1) is 7.73. The zero-order valence-corrected chi connectivity index (χ0v) is 10.5. The van der Waals surface area contributed by atoms with Gasteiger partial charge in [-0.25, -0.2) is 0 Å². The molecular weight excluding hydrogens is 218 g/mol. The van der Waals surface area contributed by atoms with Gasteiger partial charge in [-0.3, -0.25) is 4.79 Å². The Bertz CT molecular complexity index is 417. The van der Waals surface area contributed by atoms with Gasteiger partial charge in [-0.05, 0) is 24.3 Å². The lowest BCUT2D eigenvalue weighted by Gasteiger charge is -2.43. The fourth-order valence-electron chi connectivity index (χ4n) is 3.31. The predicted octanol–water partition coefficient (Wildman–Crippen LogP) is 3.04. The molecule has 0 atom stereocenters. The van der Waals surface area contributed by atoms with Crippen LogP contribution in [0.15, 0.2) is 11.4 Å². The zero-order chi connectivity index (χ0) is 11.2. The molecule has 1 aromatic rings. The van der Waals surface area contributed by atoms with Gasteiger partial charge in [0.25, 0.3) is 5.91 Å². The lowest BCUT2D eigenvalue weighted by atomic mass is 9.70. The summed E-state index contributed by atoms with van der Waals surface area (Å²) in [5.41, 5.74) is 1.27. The maximum atomic E-state index is 12.0. The van der Waals surface area contributed by atoms with E-state index in [1.54, 1.807) is 11.3 Å². The number of amides is 1. The van der Waals surface area contributed by atoms with Crippen molar-refractivity contribution < 1.29 is 4.79 Å². The van der Waals surface area contributed by atoms with E-state index in [1.807, 2.05) is 18.0 Å². The summed E-state index contributed by atoms with van der Waals surface area (Å²) in [5, 5.41) is 2.08. The molecule has 0 unspecified atom stereocenters. The van der Waals surface area contributed by atoms with E-state index in [0.29, 0.717) is 5.41 Å². The Morgan fingerprint density at radius 2 is 2.06 bits per heavy atom. The number of carbonyl (C=O) groups excluding carboxylic acids is 1. The Hall–Kier alpha value is -0.830. The van der Waals surface area contributed by atoms with Crippen LogP contribution in [0.1, 0.15) is 47.3 Å². The molecule has 1 spiro atoms. The number of hydrogen-bond acceptors (Lipinski definition) is 2. The van der Waals surface area contributed by atoms with Crippen molar-refractivity contribution in [2.45, 2.75) is 37.5 Å². The van der Waals surface area contributed by atoms with Crippen molar-refractivity contribution in [1.29, 1.82) is 0 Å². The van der Waals surface area contributed by atoms with Crippen LogP contribution in [0.5, 0.6) is 0 Å². The SMILES string of the molecule is CN1CC2(CCCCC2)c2sccc2C1=O. The van der Waals surface area contributed by atoms with Crippen LogP contribution in [0.3, 0.4) is 0 Å². The minimum atomic E-state index is 0.215. The highest BCUT2D eigenvalue weighted by atomic mass is 32.1. The van der Waals surface area contributed by atoms with Crippen molar-refractivity contribution in [3.05, 3.63) is 21.9 Å². The van der Waals surface area contributed by atoms with Gasteiger partial charge >= 0.3 is 0 Å². The Labute approximate surface area is 100 Å². The molecule has 3 heteroatoms. The fraction of sp³-hybridized carbons (Fsp3) is 0.615. The third-order valence-corrected chi connectivity index (χ3v) is 5.24. The van der Waals surface area contributed by atoms with Gasteiger partial charge in [0.2, 0.25) is 0 Å². The van der Waals surface area contributed by atoms with Crippen molar-refractivity contribution in [2.24, 2.45) is 0 Å². The van der Waals surface area contributed by atoms with E-state index in [1.165, 1.54) is 37.0 Å². The molecule has 1 aliphatic heterocycles. The zero-order valence-electron chi connectivity index (χ0n) is 9.66. The van der Waals surface area contributed by atoms with Crippen molar-refractivity contribution in [3.63, 3.8) is 0 Å². The summed E-state index contributed by atoms with van der Waals surface area (Å²) in [6.45, 7) is 0.930. The molecule has 1 fully saturated rings. The molecule has 2 heterocycles. The first kappa shape index (κ1) is 10.3. The topological polar surface area (TPSA) is 20.3 Å². The van der Waals surface area contributed by atoms with Crippen LogP contribution in [0.2, 0.25) is 0 Å². The third-order valence-electron chi connectivity index (χ3n) is 4.07. The largest absolute Gasteiger partial charge is 0.341 e. The van der Waals surface area contributed by atoms with Crippen LogP contribution in [0.25, 0.3) is 0 Å². The molecule has 0 radical (unpaired) electrons. The van der Waals surface area contributed by atoms with E-state index < -0.39 is 0 Å². The molecule has 16 heavy (non-hydrogen) atoms. The van der Waals surface area contributed by atoms with Crippen LogP contribution in [-0.4, -0.2) is 24.4 Å². The highest BCUT2D eigenvalue weighted by molar-refractivity contribution is 7.10. The molecule has 2 aliphatic rings. The van der Waals surface area contributed by atoms with Crippen molar-refractivity contribution in [3.8, 4) is 0 Å². The quantitative estimate of drug-likeness (QED) is 0.677. The van der Waals surface area contributed by atoms with Gasteiger partial charge in [-0.15, -0.1) is 11.3 Å². The number of nitrogens with zero attached hydrogens (tertiary/aromatic N) is 1. The van der Waals surface area contributed by atoms with Gasteiger partial charge in [-0.2, -0.15) is 0 Å². The summed E-state index contributed by atoms with van der Waals surface area (Å²) in [7, 11) is 1.94. The molecule has 0 bridgehead atoms. The van der Waals surface area contributed by atoms with Gasteiger partial charge in [0.05, 0.1) is 5.56 Å². The van der Waals surface area contributed by atoms with Gasteiger partial charge < -0.3 is 4.90 Å². The highest BCUT2D eigenvalue weighted by Crippen LogP contribution is 2.46. The molecule has 0 aromatic carbocycles. The van der Waals surface area contributed by atoms with Crippen LogP contribution >= 0.6 is 11.3 Å². The van der Waals surface area contributed by atoms with Crippen LogP contribution in [0.4, 0.5) is 0 Å². The molecule has 1 saturated carbocycles. The fourth-order valence-corrected chi connectivity index (χ4v) is 4.45. The second-order valence-electron chi connectivity index (χ2n) is 5.17. The molecule has 3 rings (SSSR count). The van der Waals surface area contributed by atoms with Crippen LogP contribution in [0, 0.1) is 0 Å². The Morgan fingerprint density at radius 3 is 2.81 bits per heavy atom. The van der Waals surface area contributed by atoms with Crippen molar-refractivity contribution >= 4 is 17.2 Å². The number of carbonyl (C=O) groups is 1. The van der Waals surface area contributed by atoms with Crippen LogP contribution < -0.4 is 0 Å². The lowest BCUT2D eigenvalue weighted by Crippen LogP contribution is -2.47. The van der Waals surface area contributed by atoms with E-state index in [-0.39, 0.29) is 5.91 Å². The summed E-state index contributed by atoms with van der Waals surface area (Å²) in [4.78, 5) is 15.3. The molecule has 1 aliphatic carbocycles. The molecule has 0 N–H and O–H groups in total. The van der Waals surface area contributed by atoms with Gasteiger partial charge in [0.15, 0.2) is 0 Å². The van der Waals surface area contributed by atoms with E-state index in [0.717, 1.165) is 12.1 Å². The standard InChI is InChI=1S/C13H17NOS/c1-14-9-13(6-3-2-4-7-13)11-10(12(14)15)5-8-16-11/h5,8H,2-4,6-7,9H2,1H3. The summed E-state index contributed by atoms with van der Waals surface area (Å²) in [6, 6.07) is 2.01. The minimum Gasteiger partial charge on any atom is -0.341 e. The number of rotatable bonds is 0. The second-order valence-corrected chi connectivity index (χ2v) is 6.08. The third kappa shape index (κ3) is 1.34. The second kappa shape index (κ2) is 3.59. The van der Waals surface area contributed by atoms with Crippen molar-refractivity contribution in [1.82, 2.24) is 4.90 Å². The average Bonchev–Trinajstić information content (AvgIpc) is 2.77. The lowest BCUT2D eigenvalue weighted by molar-refractivity contribution is 0.0698. The Morgan fingerprint density at radius 1 is 1.31 bits per heavy atom. The number of fused-ring (bicyclic) bond motifs is 2. The molecule has 1 amide bonds. The molecule has 1 aromatic heterocycles. The number of hydrogen-bond donors (Lipinski definition) is 0. The average molecular weight is 235 g/mol. The highest BCUT2D eigenvalue weighted by Gasteiger charge is 2.43. The molecule has 2 nitrogen and oxygen atoms in total. The summed E-state index contributed by atoms with van der Waals surface area (Å²) >= 11 is 1.79. The maximum absolute atomic E-state index is 12.0.